The fourth-order valence-electron chi connectivity index (χ4n) is 2.76. The van der Waals surface area contributed by atoms with Crippen molar-refractivity contribution in [2.45, 2.75) is 19.3 Å². The predicted molar refractivity (Wildman–Crippen MR) is 87.7 cm³/mol. The second-order valence-electron chi connectivity index (χ2n) is 5.60. The second kappa shape index (κ2) is 6.61. The van der Waals surface area contributed by atoms with Gasteiger partial charge in [0, 0.05) is 24.0 Å². The molecule has 0 atom stereocenters. The number of hydrogen-bond donors (Lipinski definition) is 1. The maximum absolute atomic E-state index is 11.7. The molecule has 8 nitrogen and oxygen atoms in total. The van der Waals surface area contributed by atoms with Crippen LogP contribution in [0.15, 0.2) is 40.4 Å². The van der Waals surface area contributed by atoms with Crippen molar-refractivity contribution in [3.05, 3.63) is 51.3 Å². The number of benzene rings is 1. The molecule has 0 aliphatic carbocycles. The second-order valence-corrected chi connectivity index (χ2v) is 5.60. The molecule has 1 saturated heterocycles. The van der Waals surface area contributed by atoms with Crippen molar-refractivity contribution >= 4 is 11.6 Å². The first-order valence-electron chi connectivity index (χ1n) is 7.66. The molecule has 0 bridgehead atoms. The number of amides is 1. The van der Waals surface area contributed by atoms with E-state index in [9.17, 15) is 19.6 Å². The van der Waals surface area contributed by atoms with E-state index >= 15 is 0 Å². The zero-order valence-electron chi connectivity index (χ0n) is 12.9. The molecule has 3 rings (SSSR count). The Balaban J connectivity index is 1.94. The van der Waals surface area contributed by atoms with Crippen LogP contribution in [-0.4, -0.2) is 33.9 Å². The number of hydrogen-bond acceptors (Lipinski definition) is 6. The van der Waals surface area contributed by atoms with Crippen molar-refractivity contribution < 1.29 is 9.90 Å². The van der Waals surface area contributed by atoms with E-state index in [-0.39, 0.29) is 0 Å². The van der Waals surface area contributed by atoms with Gasteiger partial charge >= 0.3 is 5.91 Å². The number of piperidine rings is 1. The number of aromatic hydroxyl groups is 1. The lowest BCUT2D eigenvalue weighted by Gasteiger charge is -2.28. The van der Waals surface area contributed by atoms with Crippen molar-refractivity contribution in [1.29, 1.82) is 0 Å². The summed E-state index contributed by atoms with van der Waals surface area (Å²) in [5.41, 5.74) is -0.0912. The van der Waals surface area contributed by atoms with Crippen molar-refractivity contribution in [2.75, 3.05) is 18.0 Å². The monoisotopic (exact) mass is 328 g/mol. The molecule has 0 unspecified atom stereocenters. The summed E-state index contributed by atoms with van der Waals surface area (Å²) in [5.74, 6) is -1.98. The topological polar surface area (TPSA) is 105 Å². The van der Waals surface area contributed by atoms with Crippen molar-refractivity contribution in [1.82, 2.24) is 9.78 Å². The molecule has 0 spiro atoms. The smallest absolute Gasteiger partial charge is 0.341 e. The summed E-state index contributed by atoms with van der Waals surface area (Å²) in [5, 5.41) is 15.7. The summed E-state index contributed by atoms with van der Waals surface area (Å²) in [7, 11) is 0. The first-order valence-corrected chi connectivity index (χ1v) is 7.66. The molecular weight excluding hydrogens is 312 g/mol. The summed E-state index contributed by atoms with van der Waals surface area (Å²) in [6.07, 6.45) is 4.68. The normalized spacial score (nSPS) is 14.4. The largest absolute Gasteiger partial charge is 0.503 e. The third-order valence-electron chi connectivity index (χ3n) is 4.02. The molecule has 1 amide bonds. The van der Waals surface area contributed by atoms with E-state index < -0.39 is 22.8 Å². The summed E-state index contributed by atoms with van der Waals surface area (Å²) in [4.78, 5) is 35.7. The van der Waals surface area contributed by atoms with Crippen molar-refractivity contribution in [3.63, 3.8) is 0 Å². The number of nitrogens with zero attached hydrogens (tertiary/aromatic N) is 4. The molecule has 24 heavy (non-hydrogen) atoms. The van der Waals surface area contributed by atoms with Crippen LogP contribution in [0.3, 0.4) is 0 Å². The Morgan fingerprint density at radius 2 is 1.71 bits per heavy atom. The third-order valence-corrected chi connectivity index (χ3v) is 4.02. The molecule has 1 aliphatic rings. The van der Waals surface area contributed by atoms with Crippen LogP contribution < -0.4 is 10.3 Å². The Hall–Kier alpha value is -3.03. The minimum atomic E-state index is -1.31. The Labute approximate surface area is 137 Å². The average Bonchev–Trinajstić information content (AvgIpc) is 2.64. The van der Waals surface area contributed by atoms with E-state index in [1.165, 1.54) is 23.9 Å². The summed E-state index contributed by atoms with van der Waals surface area (Å²) in [6.45, 7) is 2.03. The van der Waals surface area contributed by atoms with E-state index in [0.717, 1.165) is 25.0 Å². The molecular formula is C16H16N4O4. The van der Waals surface area contributed by atoms with Gasteiger partial charge in [-0.15, -0.1) is 4.91 Å². The van der Waals surface area contributed by atoms with E-state index in [0.29, 0.717) is 5.69 Å². The Morgan fingerprint density at radius 1 is 1.08 bits per heavy atom. The molecule has 2 heterocycles. The van der Waals surface area contributed by atoms with Gasteiger partial charge in [-0.2, -0.15) is 5.10 Å². The number of rotatable bonds is 3. The first-order chi connectivity index (χ1) is 11.6. The van der Waals surface area contributed by atoms with Crippen molar-refractivity contribution in [2.24, 2.45) is 5.18 Å². The van der Waals surface area contributed by atoms with Gasteiger partial charge in [0.2, 0.25) is 5.69 Å². The van der Waals surface area contributed by atoms with Crippen LogP contribution >= 0.6 is 0 Å². The van der Waals surface area contributed by atoms with Gasteiger partial charge in [0.05, 0.1) is 11.9 Å². The van der Waals surface area contributed by atoms with Crippen LogP contribution in [0.25, 0.3) is 5.69 Å². The molecule has 1 N–H and O–H groups in total. The molecule has 1 aromatic carbocycles. The van der Waals surface area contributed by atoms with E-state index in [1.807, 2.05) is 12.1 Å². The van der Waals surface area contributed by atoms with Crippen LogP contribution in [0.4, 0.5) is 5.69 Å². The molecule has 1 aromatic heterocycles. The van der Waals surface area contributed by atoms with Gasteiger partial charge in [-0.25, -0.2) is 4.68 Å². The average molecular weight is 328 g/mol. The Bertz CT molecular complexity index is 823. The number of carbonyl (C=O) groups excluding carboxylic acids is 1. The van der Waals surface area contributed by atoms with Crippen LogP contribution in [0.1, 0.15) is 29.8 Å². The number of nitroso groups, excluding NO2 is 1. The van der Waals surface area contributed by atoms with Gasteiger partial charge in [-0.05, 0) is 43.5 Å². The van der Waals surface area contributed by atoms with Crippen LogP contribution in [0.2, 0.25) is 0 Å². The fourth-order valence-corrected chi connectivity index (χ4v) is 2.76. The minimum Gasteiger partial charge on any atom is -0.503 e. The van der Waals surface area contributed by atoms with Gasteiger partial charge in [0.25, 0.3) is 5.43 Å². The molecule has 0 saturated carbocycles. The van der Waals surface area contributed by atoms with Gasteiger partial charge in [0.1, 0.15) is 0 Å². The van der Waals surface area contributed by atoms with Gasteiger partial charge in [0.15, 0.2) is 5.75 Å². The van der Waals surface area contributed by atoms with Crippen LogP contribution in [0.5, 0.6) is 5.75 Å². The number of carbonyl (C=O) groups is 1. The lowest BCUT2D eigenvalue weighted by molar-refractivity contribution is 0.0992. The van der Waals surface area contributed by atoms with E-state index in [4.69, 9.17) is 0 Å². The Morgan fingerprint density at radius 3 is 2.33 bits per heavy atom. The number of anilines is 1. The quantitative estimate of drug-likeness (QED) is 0.862. The van der Waals surface area contributed by atoms with E-state index in [2.05, 4.69) is 15.2 Å². The van der Waals surface area contributed by atoms with Gasteiger partial charge in [-0.3, -0.25) is 9.59 Å². The molecule has 124 valence electrons. The summed E-state index contributed by atoms with van der Waals surface area (Å²) in [6, 6.07) is 7.36. The highest BCUT2D eigenvalue weighted by atomic mass is 16.3. The fraction of sp³-hybridized carbons (Fsp3) is 0.312. The molecule has 1 fully saturated rings. The molecule has 0 radical (unpaired) electrons. The highest BCUT2D eigenvalue weighted by Gasteiger charge is 2.18. The lowest BCUT2D eigenvalue weighted by Crippen LogP contribution is -2.29. The standard InChI is InChI=1S/C16H16N4O4/c21-13-10-20(17-14(15(13)22)16(23)18-24)12-6-4-11(5-7-12)19-8-2-1-3-9-19/h4-7,10,21H,1-3,8-9H2. The lowest BCUT2D eigenvalue weighted by atomic mass is 10.1. The first kappa shape index (κ1) is 15.9. The Kier molecular flexibility index (Phi) is 4.37. The summed E-state index contributed by atoms with van der Waals surface area (Å²) < 4.78 is 1.18. The maximum Gasteiger partial charge on any atom is 0.341 e. The summed E-state index contributed by atoms with van der Waals surface area (Å²) >= 11 is 0. The van der Waals surface area contributed by atoms with Crippen LogP contribution in [-0.2, 0) is 0 Å². The zero-order chi connectivity index (χ0) is 17.1. The molecule has 2 aromatic rings. The minimum absolute atomic E-state index is 0.547. The third kappa shape index (κ3) is 3.03. The maximum atomic E-state index is 11.7. The molecule has 8 heteroatoms. The highest BCUT2D eigenvalue weighted by Crippen LogP contribution is 2.21. The zero-order valence-corrected chi connectivity index (χ0v) is 12.9. The number of aromatic nitrogens is 2. The van der Waals surface area contributed by atoms with Crippen molar-refractivity contribution in [3.8, 4) is 11.4 Å². The van der Waals surface area contributed by atoms with Gasteiger partial charge in [-0.1, -0.05) is 0 Å². The molecule has 1 aliphatic heterocycles. The van der Waals surface area contributed by atoms with Gasteiger partial charge < -0.3 is 10.0 Å². The van der Waals surface area contributed by atoms with E-state index in [1.54, 1.807) is 12.1 Å². The van der Waals surface area contributed by atoms with Crippen LogP contribution in [0, 0.1) is 4.91 Å². The SMILES string of the molecule is O=NC(=O)c1nn(-c2ccc(N3CCCCC3)cc2)cc(O)c1=O. The highest BCUT2D eigenvalue weighted by molar-refractivity contribution is 5.92. The predicted octanol–water partition coefficient (Wildman–Crippen LogP) is 1.83.